The Labute approximate surface area is 115 Å². The molecule has 0 amide bonds. The van der Waals surface area contributed by atoms with Crippen LogP contribution in [-0.4, -0.2) is 28.8 Å². The fourth-order valence-electron chi connectivity index (χ4n) is 1.32. The van der Waals surface area contributed by atoms with Crippen LogP contribution < -0.4 is 15.8 Å². The van der Waals surface area contributed by atoms with Crippen molar-refractivity contribution in [1.82, 2.24) is 4.98 Å². The number of aliphatic hydroxyl groups is 1. The Morgan fingerprint density at radius 1 is 1.47 bits per heavy atom. The lowest BCUT2D eigenvalue weighted by atomic mass is 10.0. The van der Waals surface area contributed by atoms with Crippen LogP contribution in [0, 0.1) is 5.92 Å². The summed E-state index contributed by atoms with van der Waals surface area (Å²) in [6.07, 6.45) is 0.672. The zero-order valence-corrected chi connectivity index (χ0v) is 12.2. The number of rotatable bonds is 7. The average molecular weight is 267 g/mol. The highest BCUT2D eigenvalue weighted by Gasteiger charge is 2.17. The molecular formula is C14H25N3O2. The molecule has 0 bridgehead atoms. The van der Waals surface area contributed by atoms with E-state index in [1.807, 2.05) is 6.92 Å². The molecule has 0 saturated heterocycles. The molecule has 1 aromatic rings. The van der Waals surface area contributed by atoms with Crippen LogP contribution in [0.2, 0.25) is 0 Å². The molecule has 1 heterocycles. The number of hydrogen-bond acceptors (Lipinski definition) is 5. The van der Waals surface area contributed by atoms with Gasteiger partial charge in [-0.2, -0.15) is 4.98 Å². The Morgan fingerprint density at radius 3 is 2.74 bits per heavy atom. The van der Waals surface area contributed by atoms with E-state index in [1.54, 1.807) is 19.1 Å². The second kappa shape index (κ2) is 6.61. The molecule has 1 atom stereocenters. The Morgan fingerprint density at radius 2 is 2.16 bits per heavy atom. The van der Waals surface area contributed by atoms with Crippen molar-refractivity contribution in [1.29, 1.82) is 0 Å². The van der Waals surface area contributed by atoms with Gasteiger partial charge in [0.25, 0.3) is 0 Å². The van der Waals surface area contributed by atoms with Crippen molar-refractivity contribution in [2.24, 2.45) is 5.92 Å². The molecule has 0 radical (unpaired) electrons. The molecule has 1 aromatic heterocycles. The fourth-order valence-corrected chi connectivity index (χ4v) is 1.32. The van der Waals surface area contributed by atoms with Gasteiger partial charge in [0.15, 0.2) is 0 Å². The molecular weight excluding hydrogens is 242 g/mol. The fraction of sp³-hybridized carbons (Fsp3) is 0.643. The highest BCUT2D eigenvalue weighted by Crippen LogP contribution is 2.22. The number of aromatic nitrogens is 1. The van der Waals surface area contributed by atoms with E-state index in [-0.39, 0.29) is 0 Å². The first kappa shape index (κ1) is 15.6. The lowest BCUT2D eigenvalue weighted by Crippen LogP contribution is -2.32. The minimum atomic E-state index is -0.748. The molecule has 0 spiro atoms. The number of hydrogen-bond donors (Lipinski definition) is 3. The van der Waals surface area contributed by atoms with E-state index >= 15 is 0 Å². The van der Waals surface area contributed by atoms with Gasteiger partial charge in [-0.1, -0.05) is 20.8 Å². The Balaban J connectivity index is 2.67. The molecule has 0 saturated carbocycles. The summed E-state index contributed by atoms with van der Waals surface area (Å²) in [6.45, 7) is 8.87. The van der Waals surface area contributed by atoms with Gasteiger partial charge in [-0.3, -0.25) is 0 Å². The van der Waals surface area contributed by atoms with Gasteiger partial charge in [0.05, 0.1) is 17.9 Å². The highest BCUT2D eigenvalue weighted by molar-refractivity contribution is 5.53. The van der Waals surface area contributed by atoms with Crippen LogP contribution >= 0.6 is 0 Å². The zero-order valence-electron chi connectivity index (χ0n) is 12.2. The first-order valence-corrected chi connectivity index (χ1v) is 6.69. The van der Waals surface area contributed by atoms with Crippen molar-refractivity contribution in [3.05, 3.63) is 12.1 Å². The molecule has 0 aromatic carbocycles. The summed E-state index contributed by atoms with van der Waals surface area (Å²) in [6, 6.07) is 3.54. The van der Waals surface area contributed by atoms with Crippen LogP contribution in [0.1, 0.15) is 34.1 Å². The van der Waals surface area contributed by atoms with Crippen LogP contribution in [0.4, 0.5) is 11.5 Å². The van der Waals surface area contributed by atoms with E-state index < -0.39 is 5.60 Å². The predicted molar refractivity (Wildman–Crippen MR) is 78.4 cm³/mol. The molecule has 0 fully saturated rings. The number of pyridine rings is 1. The minimum absolute atomic E-state index is 0.415. The van der Waals surface area contributed by atoms with Crippen LogP contribution in [0.15, 0.2) is 12.1 Å². The summed E-state index contributed by atoms with van der Waals surface area (Å²) in [4.78, 5) is 4.31. The van der Waals surface area contributed by atoms with E-state index in [1.165, 1.54) is 0 Å². The van der Waals surface area contributed by atoms with Crippen molar-refractivity contribution in [2.75, 3.05) is 24.2 Å². The molecule has 0 aliphatic heterocycles. The van der Waals surface area contributed by atoms with Crippen molar-refractivity contribution < 1.29 is 9.84 Å². The van der Waals surface area contributed by atoms with E-state index in [4.69, 9.17) is 10.5 Å². The van der Waals surface area contributed by atoms with Crippen molar-refractivity contribution >= 4 is 11.5 Å². The number of anilines is 2. The third-order valence-corrected chi connectivity index (χ3v) is 2.86. The smallest absolute Gasteiger partial charge is 0.239 e. The van der Waals surface area contributed by atoms with E-state index in [0.717, 1.165) is 0 Å². The van der Waals surface area contributed by atoms with Crippen molar-refractivity contribution in [3.63, 3.8) is 0 Å². The Kier molecular flexibility index (Phi) is 5.42. The maximum absolute atomic E-state index is 9.94. The summed E-state index contributed by atoms with van der Waals surface area (Å²) < 4.78 is 5.56. The van der Waals surface area contributed by atoms with E-state index in [0.29, 0.717) is 42.9 Å². The van der Waals surface area contributed by atoms with Gasteiger partial charge < -0.3 is 20.9 Å². The second-order valence-electron chi connectivity index (χ2n) is 5.50. The SMILES string of the molecule is CCC(C)(O)CNc1ccc(N)c(OCC(C)C)n1. The third-order valence-electron chi connectivity index (χ3n) is 2.86. The maximum atomic E-state index is 9.94. The van der Waals surface area contributed by atoms with Gasteiger partial charge in [0.2, 0.25) is 5.88 Å². The van der Waals surface area contributed by atoms with Gasteiger partial charge in [0.1, 0.15) is 5.82 Å². The summed E-state index contributed by atoms with van der Waals surface area (Å²) in [5.41, 5.74) is 5.59. The van der Waals surface area contributed by atoms with Crippen LogP contribution in [0.25, 0.3) is 0 Å². The number of nitrogens with one attached hydrogen (secondary N) is 1. The van der Waals surface area contributed by atoms with Gasteiger partial charge in [-0.15, -0.1) is 0 Å². The summed E-state index contributed by atoms with van der Waals surface area (Å²) in [5.74, 6) is 1.51. The van der Waals surface area contributed by atoms with Crippen LogP contribution in [-0.2, 0) is 0 Å². The van der Waals surface area contributed by atoms with E-state index in [9.17, 15) is 5.11 Å². The lowest BCUT2D eigenvalue weighted by Gasteiger charge is -2.22. The van der Waals surface area contributed by atoms with Crippen molar-refractivity contribution in [3.8, 4) is 5.88 Å². The largest absolute Gasteiger partial charge is 0.476 e. The Hall–Kier alpha value is -1.49. The van der Waals surface area contributed by atoms with Gasteiger partial charge in [0, 0.05) is 6.54 Å². The normalized spacial score (nSPS) is 14.2. The van der Waals surface area contributed by atoms with Crippen LogP contribution in [0.5, 0.6) is 5.88 Å². The maximum Gasteiger partial charge on any atom is 0.239 e. The Bertz CT molecular complexity index is 406. The zero-order chi connectivity index (χ0) is 14.5. The molecule has 0 aliphatic carbocycles. The van der Waals surface area contributed by atoms with Gasteiger partial charge in [-0.25, -0.2) is 0 Å². The van der Waals surface area contributed by atoms with E-state index in [2.05, 4.69) is 24.1 Å². The minimum Gasteiger partial charge on any atom is -0.476 e. The summed E-state index contributed by atoms with van der Waals surface area (Å²) in [5, 5.41) is 13.0. The molecule has 0 aliphatic rings. The number of nitrogens with two attached hydrogens (primary N) is 1. The van der Waals surface area contributed by atoms with Crippen molar-refractivity contribution in [2.45, 2.75) is 39.7 Å². The molecule has 1 unspecified atom stereocenters. The summed E-state index contributed by atoms with van der Waals surface area (Å²) in [7, 11) is 0. The average Bonchev–Trinajstić information content (AvgIpc) is 2.36. The number of nitrogen functional groups attached to an aromatic ring is 1. The first-order chi connectivity index (χ1) is 8.84. The highest BCUT2D eigenvalue weighted by atomic mass is 16.5. The monoisotopic (exact) mass is 267 g/mol. The molecule has 1 rings (SSSR count). The number of nitrogens with zero attached hydrogens (tertiary/aromatic N) is 1. The molecule has 5 nitrogen and oxygen atoms in total. The quantitative estimate of drug-likeness (QED) is 0.706. The molecule has 19 heavy (non-hydrogen) atoms. The second-order valence-corrected chi connectivity index (χ2v) is 5.50. The standard InChI is InChI=1S/C14H25N3O2/c1-5-14(4,18)9-16-12-7-6-11(15)13(17-12)19-8-10(2)3/h6-7,10,18H,5,8-9,15H2,1-4H3,(H,16,17). The molecule has 5 heteroatoms. The third kappa shape index (κ3) is 5.34. The van der Waals surface area contributed by atoms with Gasteiger partial charge >= 0.3 is 0 Å². The predicted octanol–water partition coefficient (Wildman–Crippen LogP) is 2.27. The topological polar surface area (TPSA) is 80.4 Å². The number of ether oxygens (including phenoxy) is 1. The molecule has 4 N–H and O–H groups in total. The first-order valence-electron chi connectivity index (χ1n) is 6.69. The summed E-state index contributed by atoms with van der Waals surface area (Å²) >= 11 is 0. The van der Waals surface area contributed by atoms with Crippen LogP contribution in [0.3, 0.4) is 0 Å². The lowest BCUT2D eigenvalue weighted by molar-refractivity contribution is 0.0696. The van der Waals surface area contributed by atoms with Gasteiger partial charge in [-0.05, 0) is 31.4 Å². The molecule has 108 valence electrons.